The highest BCUT2D eigenvalue weighted by Gasteiger charge is 2.38. The van der Waals surface area contributed by atoms with Gasteiger partial charge in [-0.25, -0.2) is 0 Å². The molecule has 148 valence electrons. The van der Waals surface area contributed by atoms with Gasteiger partial charge in [-0.3, -0.25) is 14.3 Å². The molecule has 2 aromatic rings. The Bertz CT molecular complexity index is 904. The molecular formula is C22H28N4O2. The van der Waals surface area contributed by atoms with Crippen molar-refractivity contribution in [3.05, 3.63) is 47.3 Å². The van der Waals surface area contributed by atoms with E-state index in [0.717, 1.165) is 36.3 Å². The van der Waals surface area contributed by atoms with E-state index in [4.69, 9.17) is 0 Å². The van der Waals surface area contributed by atoms with Crippen molar-refractivity contribution in [1.82, 2.24) is 14.7 Å². The van der Waals surface area contributed by atoms with E-state index in [2.05, 4.69) is 12.0 Å². The molecule has 0 bridgehead atoms. The van der Waals surface area contributed by atoms with E-state index >= 15 is 0 Å². The van der Waals surface area contributed by atoms with E-state index < -0.39 is 0 Å². The zero-order valence-corrected chi connectivity index (χ0v) is 16.9. The van der Waals surface area contributed by atoms with Crippen molar-refractivity contribution < 1.29 is 9.59 Å². The Labute approximate surface area is 166 Å². The number of rotatable bonds is 3. The van der Waals surface area contributed by atoms with Crippen molar-refractivity contribution in [1.29, 1.82) is 0 Å². The number of benzene rings is 1. The van der Waals surface area contributed by atoms with Crippen molar-refractivity contribution in [2.75, 3.05) is 24.5 Å². The minimum atomic E-state index is -0.253. The number of aryl methyl sites for hydroxylation is 3. The summed E-state index contributed by atoms with van der Waals surface area (Å²) in [6.45, 7) is 6.06. The van der Waals surface area contributed by atoms with Crippen LogP contribution in [0.3, 0.4) is 0 Å². The van der Waals surface area contributed by atoms with Gasteiger partial charge in [-0.2, -0.15) is 5.10 Å². The maximum Gasteiger partial charge on any atom is 0.228 e. The number of amides is 2. The fourth-order valence-corrected chi connectivity index (χ4v) is 4.34. The lowest BCUT2D eigenvalue weighted by atomic mass is 9.93. The van der Waals surface area contributed by atoms with Gasteiger partial charge >= 0.3 is 0 Å². The third-order valence-electron chi connectivity index (χ3n) is 6.16. The molecule has 4 rings (SSSR count). The normalized spacial score (nSPS) is 22.8. The van der Waals surface area contributed by atoms with Crippen LogP contribution in [0, 0.1) is 19.8 Å². The molecule has 6 heteroatoms. The number of carbonyl (C=O) groups is 2. The molecule has 2 atom stereocenters. The van der Waals surface area contributed by atoms with Crippen molar-refractivity contribution in [2.45, 2.75) is 39.0 Å². The first kappa shape index (κ1) is 18.7. The van der Waals surface area contributed by atoms with Crippen LogP contribution in [-0.2, 0) is 16.6 Å². The summed E-state index contributed by atoms with van der Waals surface area (Å²) in [5.74, 6) is 0.184. The minimum Gasteiger partial charge on any atom is -0.342 e. The number of nitrogens with zero attached hydrogens (tertiary/aromatic N) is 4. The van der Waals surface area contributed by atoms with Crippen LogP contribution in [0.2, 0.25) is 0 Å². The zero-order valence-electron chi connectivity index (χ0n) is 16.9. The van der Waals surface area contributed by atoms with Crippen LogP contribution in [0.15, 0.2) is 30.5 Å². The van der Waals surface area contributed by atoms with Gasteiger partial charge in [0.1, 0.15) is 0 Å². The van der Waals surface area contributed by atoms with Crippen LogP contribution in [-0.4, -0.2) is 46.1 Å². The van der Waals surface area contributed by atoms with Crippen molar-refractivity contribution in [3.8, 4) is 0 Å². The average molecular weight is 380 g/mol. The third-order valence-corrected chi connectivity index (χ3v) is 6.16. The molecule has 0 aliphatic carbocycles. The number of likely N-dealkylation sites (tertiary alicyclic amines) is 1. The van der Waals surface area contributed by atoms with Crippen LogP contribution in [0.1, 0.15) is 42.0 Å². The highest BCUT2D eigenvalue weighted by Crippen LogP contribution is 2.31. The van der Waals surface area contributed by atoms with Gasteiger partial charge < -0.3 is 9.80 Å². The molecule has 2 aliphatic rings. The molecule has 3 heterocycles. The van der Waals surface area contributed by atoms with Crippen LogP contribution < -0.4 is 4.90 Å². The maximum atomic E-state index is 13.1. The molecule has 6 nitrogen and oxygen atoms in total. The lowest BCUT2D eigenvalue weighted by molar-refractivity contribution is -0.137. The fourth-order valence-electron chi connectivity index (χ4n) is 4.34. The van der Waals surface area contributed by atoms with E-state index in [9.17, 15) is 9.59 Å². The monoisotopic (exact) mass is 380 g/mol. The summed E-state index contributed by atoms with van der Waals surface area (Å²) < 4.78 is 1.81. The predicted octanol–water partition coefficient (Wildman–Crippen LogP) is 2.80. The summed E-state index contributed by atoms with van der Waals surface area (Å²) in [4.78, 5) is 29.5. The number of hydrogen-bond donors (Lipinski definition) is 0. The summed E-state index contributed by atoms with van der Waals surface area (Å²) in [5, 5.41) is 4.52. The zero-order chi connectivity index (χ0) is 19.8. The molecule has 1 aromatic carbocycles. The molecule has 2 fully saturated rings. The van der Waals surface area contributed by atoms with Gasteiger partial charge in [0.15, 0.2) is 0 Å². The third kappa shape index (κ3) is 3.55. The SMILES string of the molecule is Cc1ccc(N2C[C@@H](C(=O)N3CCC[C@H](c4ccn(C)n4)C3)CC2=O)cc1C. The molecule has 2 aliphatic heterocycles. The van der Waals surface area contributed by atoms with E-state index in [-0.39, 0.29) is 23.7 Å². The van der Waals surface area contributed by atoms with Crippen LogP contribution in [0.5, 0.6) is 0 Å². The number of aromatic nitrogens is 2. The first-order valence-electron chi connectivity index (χ1n) is 10.1. The number of carbonyl (C=O) groups excluding carboxylic acids is 2. The Hall–Kier alpha value is -2.63. The Morgan fingerprint density at radius 1 is 1.14 bits per heavy atom. The van der Waals surface area contributed by atoms with E-state index in [1.165, 1.54) is 5.56 Å². The molecule has 2 amide bonds. The van der Waals surface area contributed by atoms with E-state index in [1.54, 1.807) is 4.90 Å². The molecule has 0 radical (unpaired) electrons. The second kappa shape index (κ2) is 7.41. The largest absolute Gasteiger partial charge is 0.342 e. The summed E-state index contributed by atoms with van der Waals surface area (Å²) in [6, 6.07) is 8.09. The first-order valence-corrected chi connectivity index (χ1v) is 10.1. The fraction of sp³-hybridized carbons (Fsp3) is 0.500. The van der Waals surface area contributed by atoms with Gasteiger partial charge in [-0.05, 0) is 56.0 Å². The van der Waals surface area contributed by atoms with E-state index in [1.807, 2.05) is 54.0 Å². The summed E-state index contributed by atoms with van der Waals surface area (Å²) >= 11 is 0. The topological polar surface area (TPSA) is 58.4 Å². The summed E-state index contributed by atoms with van der Waals surface area (Å²) in [6.07, 6.45) is 4.29. The Balaban J connectivity index is 1.44. The lowest BCUT2D eigenvalue weighted by Crippen LogP contribution is -2.43. The second-order valence-corrected chi connectivity index (χ2v) is 8.21. The summed E-state index contributed by atoms with van der Waals surface area (Å²) in [7, 11) is 1.92. The Kier molecular flexibility index (Phi) is 4.96. The van der Waals surface area contributed by atoms with Gasteiger partial charge in [-0.1, -0.05) is 6.07 Å². The van der Waals surface area contributed by atoms with Gasteiger partial charge in [0.2, 0.25) is 11.8 Å². The first-order chi connectivity index (χ1) is 13.4. The highest BCUT2D eigenvalue weighted by molar-refractivity contribution is 6.00. The standard InChI is InChI=1S/C22H28N4O2/c1-15-6-7-19(11-16(15)2)26-14-18(12-21(26)27)22(28)25-9-4-5-17(13-25)20-8-10-24(3)23-20/h6-8,10-11,17-18H,4-5,9,12-14H2,1-3H3/t17-,18-/m0/s1. The van der Waals surface area contributed by atoms with Crippen molar-refractivity contribution >= 4 is 17.5 Å². The molecule has 2 saturated heterocycles. The molecule has 0 unspecified atom stereocenters. The maximum absolute atomic E-state index is 13.1. The van der Waals surface area contributed by atoms with Crippen LogP contribution in [0.4, 0.5) is 5.69 Å². The number of hydrogen-bond acceptors (Lipinski definition) is 3. The average Bonchev–Trinajstić information content (AvgIpc) is 3.29. The molecule has 0 N–H and O–H groups in total. The van der Waals surface area contributed by atoms with Crippen molar-refractivity contribution in [2.24, 2.45) is 13.0 Å². The molecule has 1 aromatic heterocycles. The molecule has 0 spiro atoms. The van der Waals surface area contributed by atoms with Gasteiger partial charge in [0, 0.05) is 50.9 Å². The minimum absolute atomic E-state index is 0.0416. The van der Waals surface area contributed by atoms with Gasteiger partial charge in [0.05, 0.1) is 11.6 Å². The van der Waals surface area contributed by atoms with E-state index in [0.29, 0.717) is 19.5 Å². The summed E-state index contributed by atoms with van der Waals surface area (Å²) in [5.41, 5.74) is 4.32. The van der Waals surface area contributed by atoms with Crippen molar-refractivity contribution in [3.63, 3.8) is 0 Å². The predicted molar refractivity (Wildman–Crippen MR) is 108 cm³/mol. The molecule has 28 heavy (non-hydrogen) atoms. The second-order valence-electron chi connectivity index (χ2n) is 8.21. The van der Waals surface area contributed by atoms with Crippen LogP contribution >= 0.6 is 0 Å². The quantitative estimate of drug-likeness (QED) is 0.823. The highest BCUT2D eigenvalue weighted by atomic mass is 16.2. The van der Waals surface area contributed by atoms with Gasteiger partial charge in [0.25, 0.3) is 0 Å². The Morgan fingerprint density at radius 2 is 1.96 bits per heavy atom. The smallest absolute Gasteiger partial charge is 0.228 e. The number of piperidine rings is 1. The lowest BCUT2D eigenvalue weighted by Gasteiger charge is -2.33. The number of anilines is 1. The Morgan fingerprint density at radius 3 is 2.68 bits per heavy atom. The molecule has 0 saturated carbocycles. The van der Waals surface area contributed by atoms with Gasteiger partial charge in [-0.15, -0.1) is 0 Å². The molecular weight excluding hydrogens is 352 g/mol. The van der Waals surface area contributed by atoms with Crippen LogP contribution in [0.25, 0.3) is 0 Å².